The lowest BCUT2D eigenvalue weighted by Crippen LogP contribution is -2.42. The number of amides is 1. The molecule has 1 amide bonds. The van der Waals surface area contributed by atoms with Gasteiger partial charge in [-0.1, -0.05) is 0 Å². The number of hydrogen-bond acceptors (Lipinski definition) is 8. The fourth-order valence-corrected chi connectivity index (χ4v) is 4.70. The molecule has 11 heteroatoms. The first kappa shape index (κ1) is 27.4. The van der Waals surface area contributed by atoms with Crippen LogP contribution >= 0.6 is 0 Å². The largest absolute Gasteiger partial charge is 0.390 e. The van der Waals surface area contributed by atoms with Crippen molar-refractivity contribution in [1.82, 2.24) is 25.1 Å². The number of rotatable bonds is 8. The van der Waals surface area contributed by atoms with E-state index < -0.39 is 23.3 Å². The van der Waals surface area contributed by atoms with Gasteiger partial charge in [-0.2, -0.15) is 15.0 Å². The van der Waals surface area contributed by atoms with Gasteiger partial charge in [-0.25, -0.2) is 14.4 Å². The number of halogens is 1. The normalized spacial score (nSPS) is 19.1. The Hall–Kier alpha value is -3.62. The smallest absolute Gasteiger partial charge is 0.255 e. The van der Waals surface area contributed by atoms with Crippen molar-refractivity contribution in [2.24, 2.45) is 5.92 Å². The first-order valence-corrected chi connectivity index (χ1v) is 12.7. The second-order valence-corrected chi connectivity index (χ2v) is 11.1. The zero-order valence-electron chi connectivity index (χ0n) is 22.1. The summed E-state index contributed by atoms with van der Waals surface area (Å²) >= 11 is 0. The molecule has 1 fully saturated rings. The highest BCUT2D eigenvalue weighted by atomic mass is 19.1. The number of anilines is 1. The molecule has 38 heavy (non-hydrogen) atoms. The molecule has 0 spiro atoms. The van der Waals surface area contributed by atoms with E-state index >= 15 is 0 Å². The summed E-state index contributed by atoms with van der Waals surface area (Å²) < 4.78 is 15.8. The lowest BCUT2D eigenvalue weighted by Gasteiger charge is -2.36. The number of nitriles is 1. The molecule has 0 radical (unpaired) electrons. The Balaban J connectivity index is 1.63. The molecule has 1 aliphatic carbocycles. The van der Waals surface area contributed by atoms with Crippen LogP contribution in [-0.2, 0) is 0 Å². The average Bonchev–Trinajstić information content (AvgIpc) is 3.29. The maximum absolute atomic E-state index is 14.3. The van der Waals surface area contributed by atoms with Crippen LogP contribution in [0.15, 0.2) is 30.7 Å². The third-order valence-electron chi connectivity index (χ3n) is 7.18. The number of aliphatic hydroxyl groups is 2. The van der Waals surface area contributed by atoms with Gasteiger partial charge < -0.3 is 20.8 Å². The number of alkyl halides is 1. The van der Waals surface area contributed by atoms with Gasteiger partial charge in [0.25, 0.3) is 5.91 Å². The molecule has 4 rings (SSSR count). The number of fused-ring (bicyclic) bond motifs is 1. The van der Waals surface area contributed by atoms with Gasteiger partial charge in [-0.05, 0) is 65.4 Å². The first-order chi connectivity index (χ1) is 17.9. The van der Waals surface area contributed by atoms with E-state index in [0.717, 1.165) is 25.7 Å². The van der Waals surface area contributed by atoms with Crippen molar-refractivity contribution in [3.05, 3.63) is 41.9 Å². The van der Waals surface area contributed by atoms with Crippen molar-refractivity contribution in [3.63, 3.8) is 0 Å². The molecule has 3 heterocycles. The summed E-state index contributed by atoms with van der Waals surface area (Å²) in [7, 11) is 0. The van der Waals surface area contributed by atoms with Crippen molar-refractivity contribution in [2.45, 2.75) is 76.8 Å². The van der Waals surface area contributed by atoms with Crippen LogP contribution < -0.4 is 10.6 Å². The SMILES string of the molecule is CC(C)(O)C(F)CNC(=O)c1cnc(-n2ncc3cc(C#N)cnc32)cc1NC1CCC(C(C)(C)O)CC1. The Bertz CT molecular complexity index is 1350. The van der Waals surface area contributed by atoms with E-state index in [2.05, 4.69) is 31.8 Å². The lowest BCUT2D eigenvalue weighted by molar-refractivity contribution is -0.00183. The van der Waals surface area contributed by atoms with Crippen LogP contribution in [0.1, 0.15) is 69.3 Å². The molecular formula is C27H34FN7O3. The van der Waals surface area contributed by atoms with Gasteiger partial charge in [-0.15, -0.1) is 0 Å². The van der Waals surface area contributed by atoms with Crippen LogP contribution in [0.25, 0.3) is 16.9 Å². The van der Waals surface area contributed by atoms with Crippen LogP contribution in [0.3, 0.4) is 0 Å². The van der Waals surface area contributed by atoms with Crippen molar-refractivity contribution in [2.75, 3.05) is 11.9 Å². The van der Waals surface area contributed by atoms with E-state index in [1.54, 1.807) is 18.3 Å². The lowest BCUT2D eigenvalue weighted by atomic mass is 9.77. The molecule has 0 aromatic carbocycles. The fraction of sp³-hybridized carbons (Fsp3) is 0.519. The van der Waals surface area contributed by atoms with Crippen LogP contribution in [0.2, 0.25) is 0 Å². The zero-order chi connectivity index (χ0) is 27.7. The van der Waals surface area contributed by atoms with Gasteiger partial charge in [0, 0.05) is 29.9 Å². The quantitative estimate of drug-likeness (QED) is 0.352. The number of carbonyl (C=O) groups is 1. The van der Waals surface area contributed by atoms with Crippen LogP contribution in [0.5, 0.6) is 0 Å². The Morgan fingerprint density at radius 3 is 2.50 bits per heavy atom. The predicted octanol–water partition coefficient (Wildman–Crippen LogP) is 3.27. The summed E-state index contributed by atoms with van der Waals surface area (Å²) in [5, 5.41) is 40.5. The molecule has 4 N–H and O–H groups in total. The Morgan fingerprint density at radius 2 is 1.87 bits per heavy atom. The van der Waals surface area contributed by atoms with E-state index in [9.17, 15) is 19.4 Å². The maximum atomic E-state index is 14.3. The topological polar surface area (TPSA) is 149 Å². The fourth-order valence-electron chi connectivity index (χ4n) is 4.70. The minimum Gasteiger partial charge on any atom is -0.390 e. The summed E-state index contributed by atoms with van der Waals surface area (Å²) in [5.74, 6) is 0.0893. The van der Waals surface area contributed by atoms with Crippen molar-refractivity contribution < 1.29 is 19.4 Å². The number of aromatic nitrogens is 4. The summed E-state index contributed by atoms with van der Waals surface area (Å²) in [6, 6.07) is 5.50. The third kappa shape index (κ3) is 6.09. The Kier molecular flexibility index (Phi) is 7.67. The Labute approximate surface area is 220 Å². The number of nitrogens with one attached hydrogen (secondary N) is 2. The van der Waals surface area contributed by atoms with E-state index in [-0.39, 0.29) is 24.1 Å². The summed E-state index contributed by atoms with van der Waals surface area (Å²) in [6.07, 6.45) is 6.10. The number of hydrogen-bond donors (Lipinski definition) is 4. The molecule has 0 bridgehead atoms. The minimum absolute atomic E-state index is 0.0615. The molecule has 1 saturated carbocycles. The molecule has 0 saturated heterocycles. The molecule has 3 aromatic rings. The van der Waals surface area contributed by atoms with Gasteiger partial charge in [0.15, 0.2) is 11.5 Å². The highest BCUT2D eigenvalue weighted by Crippen LogP contribution is 2.34. The predicted molar refractivity (Wildman–Crippen MR) is 141 cm³/mol. The number of carbonyl (C=O) groups excluding carboxylic acids is 1. The molecule has 3 aromatic heterocycles. The summed E-state index contributed by atoms with van der Waals surface area (Å²) in [5.41, 5.74) is -0.667. The molecular weight excluding hydrogens is 489 g/mol. The van der Waals surface area contributed by atoms with Gasteiger partial charge in [0.05, 0.1) is 40.8 Å². The van der Waals surface area contributed by atoms with Crippen molar-refractivity contribution >= 4 is 22.6 Å². The van der Waals surface area contributed by atoms with Gasteiger partial charge in [0.1, 0.15) is 12.2 Å². The maximum Gasteiger partial charge on any atom is 0.255 e. The molecule has 1 unspecified atom stereocenters. The summed E-state index contributed by atoms with van der Waals surface area (Å²) in [4.78, 5) is 21.8. The molecule has 10 nitrogen and oxygen atoms in total. The summed E-state index contributed by atoms with van der Waals surface area (Å²) in [6.45, 7) is 6.00. The minimum atomic E-state index is -1.65. The second kappa shape index (κ2) is 10.6. The number of nitrogens with zero attached hydrogens (tertiary/aromatic N) is 5. The van der Waals surface area contributed by atoms with Crippen LogP contribution in [0.4, 0.5) is 10.1 Å². The van der Waals surface area contributed by atoms with Crippen molar-refractivity contribution in [3.8, 4) is 11.9 Å². The highest BCUT2D eigenvalue weighted by molar-refractivity contribution is 5.99. The standard InChI is InChI=1S/C27H34FN7O3/c1-26(2,37)18-5-7-19(8-6-18)34-21-10-23(35-24-17(13-33-35)9-16(11-29)12-31-24)30-14-20(21)25(36)32-15-22(28)27(3,4)38/h9-10,12-14,18-19,22,37-38H,5-8,15H2,1-4H3,(H,30,34)(H,32,36). The monoisotopic (exact) mass is 523 g/mol. The van der Waals surface area contributed by atoms with Crippen LogP contribution in [-0.4, -0.2) is 65.8 Å². The molecule has 1 atom stereocenters. The van der Waals surface area contributed by atoms with E-state index in [0.29, 0.717) is 28.1 Å². The Morgan fingerprint density at radius 1 is 1.16 bits per heavy atom. The highest BCUT2D eigenvalue weighted by Gasteiger charge is 2.32. The van der Waals surface area contributed by atoms with Crippen LogP contribution in [0, 0.1) is 17.2 Å². The van der Waals surface area contributed by atoms with Crippen molar-refractivity contribution in [1.29, 1.82) is 5.26 Å². The van der Waals surface area contributed by atoms with E-state index in [1.807, 2.05) is 13.8 Å². The zero-order valence-corrected chi connectivity index (χ0v) is 22.1. The molecule has 0 aliphatic heterocycles. The average molecular weight is 524 g/mol. The second-order valence-electron chi connectivity index (χ2n) is 11.1. The van der Waals surface area contributed by atoms with Gasteiger partial charge >= 0.3 is 0 Å². The van der Waals surface area contributed by atoms with E-state index in [1.165, 1.54) is 30.9 Å². The first-order valence-electron chi connectivity index (χ1n) is 12.7. The van der Waals surface area contributed by atoms with Gasteiger partial charge in [-0.3, -0.25) is 4.79 Å². The third-order valence-corrected chi connectivity index (χ3v) is 7.18. The van der Waals surface area contributed by atoms with Gasteiger partial charge in [0.2, 0.25) is 0 Å². The van der Waals surface area contributed by atoms with E-state index in [4.69, 9.17) is 5.26 Å². The molecule has 1 aliphatic rings. The molecule has 202 valence electrons. The number of pyridine rings is 2.